The summed E-state index contributed by atoms with van der Waals surface area (Å²) in [5.41, 5.74) is 0.398. The summed E-state index contributed by atoms with van der Waals surface area (Å²) in [5, 5.41) is 13.9. The molecule has 1 aliphatic heterocycles. The normalized spacial score (nSPS) is 22.5. The van der Waals surface area contributed by atoms with Gasteiger partial charge in [0.1, 0.15) is 5.76 Å². The van der Waals surface area contributed by atoms with E-state index >= 15 is 0 Å². The molecular weight excluding hydrogens is 244 g/mol. The van der Waals surface area contributed by atoms with Crippen molar-refractivity contribution in [2.75, 3.05) is 13.1 Å². The molecule has 1 aliphatic carbocycles. The van der Waals surface area contributed by atoms with E-state index in [4.69, 9.17) is 4.52 Å². The van der Waals surface area contributed by atoms with Gasteiger partial charge in [0.2, 0.25) is 5.91 Å². The van der Waals surface area contributed by atoms with Gasteiger partial charge in [-0.2, -0.15) is 0 Å². The molecule has 0 aromatic carbocycles. The zero-order chi connectivity index (χ0) is 13.5. The Bertz CT molecular complexity index is 471. The van der Waals surface area contributed by atoms with E-state index in [1.54, 1.807) is 6.07 Å². The van der Waals surface area contributed by atoms with Crippen LogP contribution in [-0.4, -0.2) is 39.8 Å². The number of hydrogen-bond donors (Lipinski definition) is 1. The highest BCUT2D eigenvalue weighted by Gasteiger charge is 2.48. The van der Waals surface area contributed by atoms with Crippen LogP contribution in [0.25, 0.3) is 0 Å². The van der Waals surface area contributed by atoms with Crippen molar-refractivity contribution < 1.29 is 14.4 Å². The number of aryl methyl sites for hydroxylation is 1. The molecule has 0 radical (unpaired) electrons. The first-order valence-corrected chi connectivity index (χ1v) is 6.99. The van der Waals surface area contributed by atoms with Crippen LogP contribution in [-0.2, 0) is 11.2 Å². The molecular formula is C14H20N2O3. The molecule has 19 heavy (non-hydrogen) atoms. The SMILES string of the molecule is Cc1cc(CC(=O)N2CCC(C3(O)CC3)CC2)on1. The second-order valence-corrected chi connectivity index (χ2v) is 5.87. The van der Waals surface area contributed by atoms with Gasteiger partial charge >= 0.3 is 0 Å². The molecule has 0 spiro atoms. The molecule has 1 saturated heterocycles. The highest BCUT2D eigenvalue weighted by atomic mass is 16.5. The van der Waals surface area contributed by atoms with E-state index in [2.05, 4.69) is 5.16 Å². The van der Waals surface area contributed by atoms with Crippen LogP contribution in [0.2, 0.25) is 0 Å². The number of aromatic nitrogens is 1. The van der Waals surface area contributed by atoms with Crippen LogP contribution in [0.1, 0.15) is 37.1 Å². The zero-order valence-corrected chi connectivity index (χ0v) is 11.3. The summed E-state index contributed by atoms with van der Waals surface area (Å²) in [7, 11) is 0. The summed E-state index contributed by atoms with van der Waals surface area (Å²) in [6, 6.07) is 1.80. The van der Waals surface area contributed by atoms with Crippen molar-refractivity contribution >= 4 is 5.91 Å². The van der Waals surface area contributed by atoms with E-state index in [-0.39, 0.29) is 12.3 Å². The largest absolute Gasteiger partial charge is 0.390 e. The molecule has 5 heteroatoms. The van der Waals surface area contributed by atoms with Crippen LogP contribution >= 0.6 is 0 Å². The molecule has 1 aromatic rings. The Balaban J connectivity index is 1.52. The molecule has 1 N–H and O–H groups in total. The molecule has 104 valence electrons. The van der Waals surface area contributed by atoms with E-state index in [0.29, 0.717) is 11.7 Å². The van der Waals surface area contributed by atoms with Gasteiger partial charge in [0.05, 0.1) is 17.7 Å². The minimum absolute atomic E-state index is 0.0948. The third-order valence-corrected chi connectivity index (χ3v) is 4.37. The third kappa shape index (κ3) is 2.66. The van der Waals surface area contributed by atoms with Crippen molar-refractivity contribution in [3.05, 3.63) is 17.5 Å². The second-order valence-electron chi connectivity index (χ2n) is 5.87. The van der Waals surface area contributed by atoms with Gasteiger partial charge in [0.25, 0.3) is 0 Å². The molecule has 3 rings (SSSR count). The highest BCUT2D eigenvalue weighted by molar-refractivity contribution is 5.78. The van der Waals surface area contributed by atoms with E-state index in [0.717, 1.165) is 44.5 Å². The smallest absolute Gasteiger partial charge is 0.230 e. The molecule has 0 atom stereocenters. The van der Waals surface area contributed by atoms with Gasteiger partial charge in [0.15, 0.2) is 0 Å². The van der Waals surface area contributed by atoms with E-state index < -0.39 is 5.60 Å². The minimum Gasteiger partial charge on any atom is -0.390 e. The van der Waals surface area contributed by atoms with Crippen molar-refractivity contribution in [3.8, 4) is 0 Å². The fourth-order valence-electron chi connectivity index (χ4n) is 2.96. The Morgan fingerprint density at radius 3 is 2.74 bits per heavy atom. The lowest BCUT2D eigenvalue weighted by Crippen LogP contribution is -2.42. The Morgan fingerprint density at radius 1 is 1.53 bits per heavy atom. The van der Waals surface area contributed by atoms with E-state index in [1.165, 1.54) is 0 Å². The van der Waals surface area contributed by atoms with Gasteiger partial charge in [-0.1, -0.05) is 5.16 Å². The quantitative estimate of drug-likeness (QED) is 0.893. The summed E-state index contributed by atoms with van der Waals surface area (Å²) < 4.78 is 5.07. The first-order valence-electron chi connectivity index (χ1n) is 6.99. The van der Waals surface area contributed by atoms with Crippen molar-refractivity contribution in [1.82, 2.24) is 10.1 Å². The predicted molar refractivity (Wildman–Crippen MR) is 68.4 cm³/mol. The molecule has 5 nitrogen and oxygen atoms in total. The van der Waals surface area contributed by atoms with Gasteiger partial charge in [-0.05, 0) is 38.5 Å². The third-order valence-electron chi connectivity index (χ3n) is 4.37. The molecule has 1 amide bonds. The lowest BCUT2D eigenvalue weighted by molar-refractivity contribution is -0.133. The van der Waals surface area contributed by atoms with Crippen LogP contribution in [0.15, 0.2) is 10.6 Å². The summed E-state index contributed by atoms with van der Waals surface area (Å²) >= 11 is 0. The Morgan fingerprint density at radius 2 is 2.21 bits per heavy atom. The summed E-state index contributed by atoms with van der Waals surface area (Å²) in [4.78, 5) is 14.0. The van der Waals surface area contributed by atoms with Crippen LogP contribution in [0.4, 0.5) is 0 Å². The summed E-state index contributed by atoms with van der Waals surface area (Å²) in [6.07, 6.45) is 3.98. The average Bonchev–Trinajstić information content (AvgIpc) is 3.03. The Kier molecular flexibility index (Phi) is 3.09. The zero-order valence-electron chi connectivity index (χ0n) is 11.3. The average molecular weight is 264 g/mol. The molecule has 0 unspecified atom stereocenters. The van der Waals surface area contributed by atoms with Crippen molar-refractivity contribution in [2.24, 2.45) is 5.92 Å². The number of piperidine rings is 1. The topological polar surface area (TPSA) is 66.6 Å². The maximum absolute atomic E-state index is 12.1. The molecule has 1 saturated carbocycles. The van der Waals surface area contributed by atoms with Crippen LogP contribution in [0, 0.1) is 12.8 Å². The van der Waals surface area contributed by atoms with Gasteiger partial charge in [-0.3, -0.25) is 4.79 Å². The lowest BCUT2D eigenvalue weighted by Gasteiger charge is -2.34. The van der Waals surface area contributed by atoms with Crippen molar-refractivity contribution in [3.63, 3.8) is 0 Å². The number of aliphatic hydroxyl groups is 1. The first kappa shape index (κ1) is 12.7. The maximum atomic E-state index is 12.1. The molecule has 2 aliphatic rings. The number of hydrogen-bond acceptors (Lipinski definition) is 4. The molecule has 2 fully saturated rings. The van der Waals surface area contributed by atoms with Crippen LogP contribution in [0.3, 0.4) is 0 Å². The lowest BCUT2D eigenvalue weighted by atomic mass is 9.89. The van der Waals surface area contributed by atoms with Gasteiger partial charge in [0, 0.05) is 19.2 Å². The summed E-state index contributed by atoms with van der Waals surface area (Å²) in [5.74, 6) is 1.10. The van der Waals surface area contributed by atoms with Gasteiger partial charge < -0.3 is 14.5 Å². The van der Waals surface area contributed by atoms with Crippen LogP contribution < -0.4 is 0 Å². The van der Waals surface area contributed by atoms with E-state index in [9.17, 15) is 9.90 Å². The Labute approximate surface area is 112 Å². The molecule has 1 aromatic heterocycles. The standard InChI is InChI=1S/C14H20N2O3/c1-10-8-12(19-15-10)9-13(17)16-6-2-11(3-7-16)14(18)4-5-14/h8,11,18H,2-7,9H2,1H3. The molecule has 2 heterocycles. The fourth-order valence-corrected chi connectivity index (χ4v) is 2.96. The van der Waals surface area contributed by atoms with Crippen LogP contribution in [0.5, 0.6) is 0 Å². The van der Waals surface area contributed by atoms with Crippen molar-refractivity contribution in [2.45, 2.75) is 44.6 Å². The van der Waals surface area contributed by atoms with Gasteiger partial charge in [-0.25, -0.2) is 0 Å². The van der Waals surface area contributed by atoms with E-state index in [1.807, 2.05) is 11.8 Å². The minimum atomic E-state index is -0.406. The monoisotopic (exact) mass is 264 g/mol. The van der Waals surface area contributed by atoms with Crippen molar-refractivity contribution in [1.29, 1.82) is 0 Å². The fraction of sp³-hybridized carbons (Fsp3) is 0.714. The second kappa shape index (κ2) is 4.63. The highest BCUT2D eigenvalue weighted by Crippen LogP contribution is 2.46. The van der Waals surface area contributed by atoms with Gasteiger partial charge in [-0.15, -0.1) is 0 Å². The number of amides is 1. The maximum Gasteiger partial charge on any atom is 0.230 e. The Hall–Kier alpha value is -1.36. The predicted octanol–water partition coefficient (Wildman–Crippen LogP) is 1.29. The molecule has 0 bridgehead atoms. The number of carbonyl (C=O) groups excluding carboxylic acids is 1. The summed E-state index contributed by atoms with van der Waals surface area (Å²) in [6.45, 7) is 3.34. The number of nitrogens with zero attached hydrogens (tertiary/aromatic N) is 2. The number of carbonyl (C=O) groups is 1. The number of rotatable bonds is 3. The first-order chi connectivity index (χ1) is 9.07. The number of likely N-dealkylation sites (tertiary alicyclic amines) is 1.